The zero-order valence-corrected chi connectivity index (χ0v) is 34.5. The number of aromatic nitrogens is 2. The first-order valence-corrected chi connectivity index (χ1v) is 19.4. The summed E-state index contributed by atoms with van der Waals surface area (Å²) in [4.78, 5) is 77.7. The molecule has 56 heavy (non-hydrogen) atoms. The van der Waals surface area contributed by atoms with Gasteiger partial charge in [-0.2, -0.15) is 0 Å². The second-order valence-electron chi connectivity index (χ2n) is 16.6. The molecule has 1 saturated carbocycles. The van der Waals surface area contributed by atoms with E-state index < -0.39 is 53.0 Å². The summed E-state index contributed by atoms with van der Waals surface area (Å²) in [6.45, 7) is 18.6. The van der Waals surface area contributed by atoms with Crippen molar-refractivity contribution < 1.29 is 38.2 Å². The van der Waals surface area contributed by atoms with Crippen LogP contribution in [-0.4, -0.2) is 95.1 Å². The molecule has 302 valence electrons. The van der Waals surface area contributed by atoms with Crippen LogP contribution < -0.4 is 30.7 Å². The first-order valence-electron chi connectivity index (χ1n) is 18.5. The van der Waals surface area contributed by atoms with Gasteiger partial charge >= 0.3 is 12.0 Å². The van der Waals surface area contributed by atoms with Crippen LogP contribution >= 0.6 is 11.3 Å². The van der Waals surface area contributed by atoms with E-state index in [0.29, 0.717) is 45.3 Å². The summed E-state index contributed by atoms with van der Waals surface area (Å²) in [5.74, 6) is -1.26. The molecule has 4 N–H and O–H groups in total. The molecule has 1 aliphatic carbocycles. The van der Waals surface area contributed by atoms with Crippen molar-refractivity contribution >= 4 is 57.1 Å². The Morgan fingerprint density at radius 1 is 1.02 bits per heavy atom. The monoisotopic (exact) mass is 791 g/mol. The smallest absolute Gasteiger partial charge is 0.332 e. The van der Waals surface area contributed by atoms with Crippen LogP contribution in [-0.2, 0) is 23.9 Å². The normalized spacial score (nSPS) is 21.7. The molecule has 2 aliphatic rings. The number of ether oxygens (including phenoxy) is 3. The second-order valence-corrected chi connectivity index (χ2v) is 17.5. The topological polar surface area (TPSA) is 190 Å². The number of carbonyl (C=O) groups is 5. The van der Waals surface area contributed by atoms with Crippen LogP contribution in [0.1, 0.15) is 68.2 Å². The highest BCUT2D eigenvalue weighted by Crippen LogP contribution is 2.46. The van der Waals surface area contributed by atoms with Crippen molar-refractivity contribution in [2.24, 2.45) is 16.7 Å². The molecule has 1 aromatic carbocycles. The molecule has 0 bridgehead atoms. The molecule has 3 aromatic rings. The van der Waals surface area contributed by atoms with E-state index in [9.17, 15) is 24.0 Å². The zero-order chi connectivity index (χ0) is 41.3. The largest absolute Gasteiger partial charge is 0.497 e. The number of methoxy groups -OCH3 is 2. The van der Waals surface area contributed by atoms with E-state index in [1.54, 1.807) is 36.8 Å². The lowest BCUT2D eigenvalue weighted by Gasteiger charge is -2.36. The van der Waals surface area contributed by atoms with Gasteiger partial charge in [0, 0.05) is 48.2 Å². The number of thiazole rings is 1. The third-order valence-electron chi connectivity index (χ3n) is 10.4. The Kier molecular flexibility index (Phi) is 12.0. The van der Waals surface area contributed by atoms with Crippen molar-refractivity contribution in [3.63, 3.8) is 0 Å². The van der Waals surface area contributed by atoms with Crippen molar-refractivity contribution in [2.45, 2.75) is 98.0 Å². The quantitative estimate of drug-likeness (QED) is 0.143. The number of esters is 1. The van der Waals surface area contributed by atoms with Gasteiger partial charge in [-0.05, 0) is 36.3 Å². The summed E-state index contributed by atoms with van der Waals surface area (Å²) in [5.41, 5.74) is -0.798. The first-order chi connectivity index (χ1) is 26.2. The molecule has 5 amide bonds. The lowest BCUT2D eigenvalue weighted by atomic mass is 9.85. The van der Waals surface area contributed by atoms with Crippen LogP contribution in [0.3, 0.4) is 0 Å². The molecule has 5 rings (SSSR count). The predicted molar refractivity (Wildman–Crippen MR) is 213 cm³/mol. The average molecular weight is 792 g/mol. The molecule has 15 nitrogen and oxygen atoms in total. The molecule has 1 saturated heterocycles. The number of rotatable bonds is 12. The standard InChI is InChI=1S/C40H53N7O8S/c1-12-23-18-40(23,35(51)54-11)46-33(49)30-16-25(19-47(30)34(50)32(39(7,8)9)45-36(52)41-21(2)38(4,5)6)55-31-17-28(29-20-56-37(44-29)42-22(3)48)43-27-15-24(53-10)13-14-26(27)31/h12-15,17,20-21,23,25,30,32H,1,16,18-19H2,2-11H3,(H,46,49)(H2,41,45,52)(H,42,44,48)/t21?,23-,25?,30?,32+,40+/m0/s1. The number of likely N-dealkylation sites (tertiary alicyclic amines) is 1. The Labute approximate surface area is 331 Å². The molecule has 3 heterocycles. The molecule has 6 atom stereocenters. The Morgan fingerprint density at radius 3 is 2.32 bits per heavy atom. The number of carbonyl (C=O) groups excluding carboxylic acids is 5. The minimum atomic E-state index is -1.30. The Hall–Kier alpha value is -5.25. The van der Waals surface area contributed by atoms with Crippen LogP contribution in [0, 0.1) is 16.7 Å². The highest BCUT2D eigenvalue weighted by atomic mass is 32.1. The molecule has 2 aromatic heterocycles. The number of anilines is 1. The highest BCUT2D eigenvalue weighted by Gasteiger charge is 2.62. The Bertz CT molecular complexity index is 2020. The minimum absolute atomic E-state index is 0.0139. The van der Waals surface area contributed by atoms with E-state index in [0.717, 1.165) is 0 Å². The van der Waals surface area contributed by atoms with Gasteiger partial charge < -0.3 is 40.4 Å². The summed E-state index contributed by atoms with van der Waals surface area (Å²) in [7, 11) is 2.81. The van der Waals surface area contributed by atoms with Gasteiger partial charge in [-0.1, -0.05) is 47.6 Å². The molecule has 1 aliphatic heterocycles. The molecular weight excluding hydrogens is 739 g/mol. The van der Waals surface area contributed by atoms with Gasteiger partial charge in [-0.15, -0.1) is 17.9 Å². The summed E-state index contributed by atoms with van der Waals surface area (Å²) < 4.78 is 17.2. The number of hydrogen-bond acceptors (Lipinski definition) is 11. The van der Waals surface area contributed by atoms with Gasteiger partial charge in [0.05, 0.1) is 32.0 Å². The van der Waals surface area contributed by atoms with Crippen molar-refractivity contribution in [2.75, 3.05) is 26.1 Å². The summed E-state index contributed by atoms with van der Waals surface area (Å²) in [6, 6.07) is 4.23. The van der Waals surface area contributed by atoms with Gasteiger partial charge in [0.15, 0.2) is 5.13 Å². The average Bonchev–Trinajstić information content (AvgIpc) is 3.40. The number of pyridine rings is 1. The lowest BCUT2D eigenvalue weighted by Crippen LogP contribution is -2.61. The van der Waals surface area contributed by atoms with Crippen molar-refractivity contribution in [3.8, 4) is 22.9 Å². The molecule has 0 radical (unpaired) electrons. The van der Waals surface area contributed by atoms with E-state index in [4.69, 9.17) is 19.2 Å². The molecule has 3 unspecified atom stereocenters. The predicted octanol–water partition coefficient (Wildman–Crippen LogP) is 5.06. The maximum Gasteiger partial charge on any atom is 0.332 e. The fourth-order valence-corrected chi connectivity index (χ4v) is 7.32. The lowest BCUT2D eigenvalue weighted by molar-refractivity contribution is -0.148. The molecule has 16 heteroatoms. The third kappa shape index (κ3) is 9.06. The van der Waals surface area contributed by atoms with E-state index in [2.05, 4.69) is 32.8 Å². The van der Waals surface area contributed by atoms with Crippen molar-refractivity contribution in [3.05, 3.63) is 42.3 Å². The number of amides is 5. The van der Waals surface area contributed by atoms with Crippen LogP contribution in [0.25, 0.3) is 22.3 Å². The number of urea groups is 1. The summed E-state index contributed by atoms with van der Waals surface area (Å²) in [5, 5.41) is 14.2. The Balaban J connectivity index is 1.51. The van der Waals surface area contributed by atoms with Crippen LogP contribution in [0.5, 0.6) is 11.5 Å². The van der Waals surface area contributed by atoms with Crippen LogP contribution in [0.15, 0.2) is 42.3 Å². The number of nitrogens with zero attached hydrogens (tertiary/aromatic N) is 3. The van der Waals surface area contributed by atoms with Gasteiger partial charge in [0.1, 0.15) is 40.9 Å². The minimum Gasteiger partial charge on any atom is -0.497 e. The van der Waals surface area contributed by atoms with Gasteiger partial charge in [-0.3, -0.25) is 14.4 Å². The highest BCUT2D eigenvalue weighted by molar-refractivity contribution is 7.14. The van der Waals surface area contributed by atoms with Gasteiger partial charge in [-0.25, -0.2) is 19.6 Å². The number of hydrogen-bond donors (Lipinski definition) is 4. The third-order valence-corrected chi connectivity index (χ3v) is 11.2. The molecule has 0 spiro atoms. The zero-order valence-electron chi connectivity index (χ0n) is 33.7. The molecule has 2 fully saturated rings. The second kappa shape index (κ2) is 16.1. The number of nitrogens with one attached hydrogen (secondary N) is 4. The Morgan fingerprint density at radius 2 is 1.73 bits per heavy atom. The fourth-order valence-electron chi connectivity index (χ4n) is 6.57. The summed E-state index contributed by atoms with van der Waals surface area (Å²) in [6.07, 6.45) is 1.26. The van der Waals surface area contributed by atoms with Crippen LogP contribution in [0.2, 0.25) is 0 Å². The maximum atomic E-state index is 14.7. The SMILES string of the molecule is C=C[C@H]1C[C@]1(NC(=O)C1CC(Oc2cc(-c3csc(NC(C)=O)n3)nc3cc(OC)ccc23)CN1C(=O)[C@@H](NC(=O)NC(C)C(C)(C)C)C(C)(C)C)C(=O)OC. The van der Waals surface area contributed by atoms with Crippen molar-refractivity contribution in [1.82, 2.24) is 30.8 Å². The van der Waals surface area contributed by atoms with Crippen LogP contribution in [0.4, 0.5) is 9.93 Å². The number of benzene rings is 1. The maximum absolute atomic E-state index is 14.7. The number of fused-ring (bicyclic) bond motifs is 1. The van der Waals surface area contributed by atoms with Crippen molar-refractivity contribution in [1.29, 1.82) is 0 Å². The summed E-state index contributed by atoms with van der Waals surface area (Å²) >= 11 is 1.25. The fraction of sp³-hybridized carbons (Fsp3) is 0.525. The molecular formula is C40H53N7O8S. The first kappa shape index (κ1) is 41.9. The van der Waals surface area contributed by atoms with Gasteiger partial charge in [0.25, 0.3) is 0 Å². The van der Waals surface area contributed by atoms with Gasteiger partial charge in [0.2, 0.25) is 17.7 Å². The van der Waals surface area contributed by atoms with E-state index in [1.807, 2.05) is 54.5 Å². The van der Waals surface area contributed by atoms with E-state index in [1.165, 1.54) is 30.3 Å². The van der Waals surface area contributed by atoms with E-state index >= 15 is 0 Å². The van der Waals surface area contributed by atoms with E-state index in [-0.39, 0.29) is 36.2 Å².